The molecule has 0 unspecified atom stereocenters. The molecule has 1 N–H and O–H groups in total. The van der Waals surface area contributed by atoms with E-state index in [9.17, 15) is 4.79 Å². The van der Waals surface area contributed by atoms with Crippen LogP contribution in [0.25, 0.3) is 0 Å². The van der Waals surface area contributed by atoms with Crippen LogP contribution in [0.3, 0.4) is 0 Å². The molecule has 5 nitrogen and oxygen atoms in total. The normalized spacial score (nSPS) is 19.1. The number of amides is 1. The van der Waals surface area contributed by atoms with Gasteiger partial charge in [-0.25, -0.2) is 5.43 Å². The molecule has 0 saturated carbocycles. The van der Waals surface area contributed by atoms with Crippen LogP contribution in [-0.4, -0.2) is 24.7 Å². The van der Waals surface area contributed by atoms with E-state index in [-0.39, 0.29) is 17.2 Å². The molecule has 132 valence electrons. The minimum absolute atomic E-state index is 0.144. The van der Waals surface area contributed by atoms with Crippen LogP contribution < -0.4 is 10.3 Å². The lowest BCUT2D eigenvalue weighted by Crippen LogP contribution is -2.45. The van der Waals surface area contributed by atoms with E-state index in [1.807, 2.05) is 0 Å². The Morgan fingerprint density at radius 3 is 2.88 bits per heavy atom. The average molecular weight is 339 g/mol. The number of aryl methyl sites for hydroxylation is 1. The maximum absolute atomic E-state index is 11.9. The molecule has 3 rings (SSSR count). The van der Waals surface area contributed by atoms with Crippen molar-refractivity contribution in [1.29, 1.82) is 0 Å². The quantitative estimate of drug-likeness (QED) is 0.677. The van der Waals surface area contributed by atoms with Crippen molar-refractivity contribution >= 4 is 17.8 Å². The fourth-order valence-electron chi connectivity index (χ4n) is 3.50. The van der Waals surface area contributed by atoms with Gasteiger partial charge < -0.3 is 9.32 Å². The van der Waals surface area contributed by atoms with Gasteiger partial charge in [-0.15, -0.1) is 0 Å². The molecule has 2 aromatic rings. The topological polar surface area (TPSA) is 57.8 Å². The molecule has 5 heteroatoms. The van der Waals surface area contributed by atoms with Gasteiger partial charge in [0.2, 0.25) is 0 Å². The SMILES string of the molecule is Cc1cc2c(cc1/C=N/NC(=O)c1ccco1)[C@H](C)CC(C)(C)N2C. The largest absolute Gasteiger partial charge is 0.459 e. The molecule has 1 amide bonds. The smallest absolute Gasteiger partial charge is 0.307 e. The summed E-state index contributed by atoms with van der Waals surface area (Å²) < 4.78 is 5.05. The highest BCUT2D eigenvalue weighted by atomic mass is 16.3. The van der Waals surface area contributed by atoms with Gasteiger partial charge in [-0.2, -0.15) is 5.10 Å². The molecule has 1 aliphatic rings. The number of furan rings is 1. The van der Waals surface area contributed by atoms with E-state index in [1.54, 1.807) is 18.3 Å². The molecular weight excluding hydrogens is 314 g/mol. The van der Waals surface area contributed by atoms with E-state index in [4.69, 9.17) is 4.42 Å². The summed E-state index contributed by atoms with van der Waals surface area (Å²) in [5.41, 5.74) is 7.39. The highest BCUT2D eigenvalue weighted by Crippen LogP contribution is 2.43. The molecule has 0 bridgehead atoms. The molecule has 25 heavy (non-hydrogen) atoms. The predicted octanol–water partition coefficient (Wildman–Crippen LogP) is 4.07. The summed E-state index contributed by atoms with van der Waals surface area (Å²) in [5, 5.41) is 4.08. The first-order valence-corrected chi connectivity index (χ1v) is 8.55. The zero-order chi connectivity index (χ0) is 18.2. The fraction of sp³-hybridized carbons (Fsp3) is 0.400. The van der Waals surface area contributed by atoms with Gasteiger partial charge in [0.1, 0.15) is 0 Å². The molecule has 2 heterocycles. The monoisotopic (exact) mass is 339 g/mol. The summed E-state index contributed by atoms with van der Waals surface area (Å²) in [7, 11) is 2.15. The van der Waals surface area contributed by atoms with Crippen LogP contribution in [0.2, 0.25) is 0 Å². The summed E-state index contributed by atoms with van der Waals surface area (Å²) in [5.74, 6) is 0.371. The van der Waals surface area contributed by atoms with Gasteiger partial charge in [-0.1, -0.05) is 6.92 Å². The van der Waals surface area contributed by atoms with Crippen molar-refractivity contribution in [2.45, 2.75) is 45.6 Å². The van der Waals surface area contributed by atoms with E-state index in [0.717, 1.165) is 17.5 Å². The number of nitrogens with one attached hydrogen (secondary N) is 1. The zero-order valence-electron chi connectivity index (χ0n) is 15.5. The molecule has 0 aliphatic carbocycles. The Hall–Kier alpha value is -2.56. The van der Waals surface area contributed by atoms with Gasteiger partial charge in [0.15, 0.2) is 5.76 Å². The first-order valence-electron chi connectivity index (χ1n) is 8.55. The minimum Gasteiger partial charge on any atom is -0.459 e. The number of anilines is 1. The molecule has 1 atom stereocenters. The summed E-state index contributed by atoms with van der Waals surface area (Å²) in [4.78, 5) is 14.2. The second-order valence-corrected chi connectivity index (χ2v) is 7.42. The lowest BCUT2D eigenvalue weighted by atomic mass is 9.79. The highest BCUT2D eigenvalue weighted by molar-refractivity contribution is 5.92. The minimum atomic E-state index is -0.355. The molecule has 0 radical (unpaired) electrons. The van der Waals surface area contributed by atoms with Crippen LogP contribution >= 0.6 is 0 Å². The Kier molecular flexibility index (Phi) is 4.41. The van der Waals surface area contributed by atoms with Crippen LogP contribution in [-0.2, 0) is 0 Å². The maximum atomic E-state index is 11.9. The van der Waals surface area contributed by atoms with Crippen molar-refractivity contribution in [3.8, 4) is 0 Å². The van der Waals surface area contributed by atoms with E-state index < -0.39 is 0 Å². The van der Waals surface area contributed by atoms with Crippen molar-refractivity contribution in [3.63, 3.8) is 0 Å². The Bertz CT molecular complexity index is 807. The van der Waals surface area contributed by atoms with Crippen LogP contribution in [0.1, 0.15) is 60.4 Å². The number of hydrogen-bond donors (Lipinski definition) is 1. The van der Waals surface area contributed by atoms with Crippen LogP contribution in [0.15, 0.2) is 40.0 Å². The van der Waals surface area contributed by atoms with E-state index in [2.05, 4.69) is 62.3 Å². The van der Waals surface area contributed by atoms with Crippen molar-refractivity contribution in [2.75, 3.05) is 11.9 Å². The van der Waals surface area contributed by atoms with Gasteiger partial charge in [-0.3, -0.25) is 4.79 Å². The molecule has 1 aliphatic heterocycles. The second-order valence-electron chi connectivity index (χ2n) is 7.42. The lowest BCUT2D eigenvalue weighted by molar-refractivity contribution is 0.0927. The molecule has 0 fully saturated rings. The molecule has 1 aromatic heterocycles. The van der Waals surface area contributed by atoms with Gasteiger partial charge in [0.05, 0.1) is 12.5 Å². The standard InChI is InChI=1S/C20H25N3O2/c1-13-9-17-16(14(2)11-20(3,4)23(17)5)10-15(13)12-21-22-19(24)18-7-6-8-25-18/h6-10,12,14H,11H2,1-5H3,(H,22,24)/b21-12+/t14-/m1/s1. The summed E-state index contributed by atoms with van der Waals surface area (Å²) >= 11 is 0. The number of fused-ring (bicyclic) bond motifs is 1. The first kappa shape index (κ1) is 17.3. The lowest BCUT2D eigenvalue weighted by Gasteiger charge is -2.45. The molecule has 1 aromatic carbocycles. The van der Waals surface area contributed by atoms with Crippen molar-refractivity contribution in [2.24, 2.45) is 5.10 Å². The summed E-state index contributed by atoms with van der Waals surface area (Å²) in [6.45, 7) is 8.89. The summed E-state index contributed by atoms with van der Waals surface area (Å²) in [6, 6.07) is 7.67. The Balaban J connectivity index is 1.83. The third-order valence-corrected chi connectivity index (χ3v) is 5.14. The second kappa shape index (κ2) is 6.39. The number of rotatable bonds is 3. The zero-order valence-corrected chi connectivity index (χ0v) is 15.5. The van der Waals surface area contributed by atoms with Crippen molar-refractivity contribution in [1.82, 2.24) is 5.43 Å². The number of carbonyl (C=O) groups excluding carboxylic acids is 1. The Morgan fingerprint density at radius 2 is 2.20 bits per heavy atom. The average Bonchev–Trinajstić information content (AvgIpc) is 3.08. The Labute approximate surface area is 148 Å². The number of hydrogen-bond acceptors (Lipinski definition) is 4. The van der Waals surface area contributed by atoms with Gasteiger partial charge in [0.25, 0.3) is 0 Å². The fourth-order valence-corrected chi connectivity index (χ4v) is 3.50. The first-order chi connectivity index (χ1) is 11.8. The third-order valence-electron chi connectivity index (χ3n) is 5.14. The maximum Gasteiger partial charge on any atom is 0.307 e. The van der Waals surface area contributed by atoms with Crippen LogP contribution in [0.5, 0.6) is 0 Å². The summed E-state index contributed by atoms with van der Waals surface area (Å²) in [6.07, 6.45) is 4.26. The molecule has 0 spiro atoms. The molecular formula is C20H25N3O2. The van der Waals surface area contributed by atoms with Gasteiger partial charge >= 0.3 is 5.91 Å². The van der Waals surface area contributed by atoms with Crippen molar-refractivity contribution < 1.29 is 9.21 Å². The number of hydrazone groups is 1. The highest BCUT2D eigenvalue weighted by Gasteiger charge is 2.34. The van der Waals surface area contributed by atoms with E-state index in [1.165, 1.54) is 17.5 Å². The van der Waals surface area contributed by atoms with Crippen LogP contribution in [0, 0.1) is 6.92 Å². The number of carbonyl (C=O) groups is 1. The predicted molar refractivity (Wildman–Crippen MR) is 100 cm³/mol. The number of nitrogens with zero attached hydrogens (tertiary/aromatic N) is 2. The van der Waals surface area contributed by atoms with Gasteiger partial charge in [-0.05, 0) is 74.1 Å². The third kappa shape index (κ3) is 3.31. The molecule has 0 saturated heterocycles. The van der Waals surface area contributed by atoms with Crippen molar-refractivity contribution in [3.05, 3.63) is 53.0 Å². The van der Waals surface area contributed by atoms with Crippen LogP contribution in [0.4, 0.5) is 5.69 Å². The Morgan fingerprint density at radius 1 is 1.44 bits per heavy atom. The van der Waals surface area contributed by atoms with E-state index in [0.29, 0.717) is 5.92 Å². The van der Waals surface area contributed by atoms with Gasteiger partial charge in [0, 0.05) is 18.3 Å². The van der Waals surface area contributed by atoms with E-state index >= 15 is 0 Å². The number of benzene rings is 1.